The third kappa shape index (κ3) is 2.59. The summed E-state index contributed by atoms with van der Waals surface area (Å²) in [6.45, 7) is 1.74. The van der Waals surface area contributed by atoms with Gasteiger partial charge in [-0.2, -0.15) is 0 Å². The van der Waals surface area contributed by atoms with Crippen LogP contribution in [0.4, 0.5) is 5.69 Å². The minimum Gasteiger partial charge on any atom is -0.352 e. The molecule has 5 nitrogen and oxygen atoms in total. The molecule has 1 aromatic rings. The van der Waals surface area contributed by atoms with E-state index in [9.17, 15) is 14.4 Å². The number of carbonyl (C=O) groups is 3. The molecule has 0 aromatic heterocycles. The number of carbonyl (C=O) groups excluding carboxylic acids is 3. The van der Waals surface area contributed by atoms with E-state index in [0.717, 1.165) is 5.69 Å². The first-order valence-electron chi connectivity index (χ1n) is 5.35. The first-order valence-corrected chi connectivity index (χ1v) is 6.15. The third-order valence-electron chi connectivity index (χ3n) is 2.64. The Morgan fingerprint density at radius 1 is 1.28 bits per heavy atom. The number of amides is 2. The largest absolute Gasteiger partial charge is 0.352 e. The van der Waals surface area contributed by atoms with Crippen molar-refractivity contribution in [3.8, 4) is 0 Å². The van der Waals surface area contributed by atoms with Crippen LogP contribution in [-0.2, 0) is 9.59 Å². The van der Waals surface area contributed by atoms with Crippen LogP contribution in [0.2, 0.25) is 0 Å². The van der Waals surface area contributed by atoms with Gasteiger partial charge in [0.05, 0.1) is 18.8 Å². The monoisotopic (exact) mass is 310 g/mol. The Hall–Kier alpha value is -1.69. The molecular weight excluding hydrogens is 300 g/mol. The molecule has 1 aliphatic rings. The number of anilines is 1. The van der Waals surface area contributed by atoms with E-state index in [2.05, 4.69) is 21.2 Å². The maximum Gasteiger partial charge on any atom is 0.246 e. The number of imide groups is 1. The van der Waals surface area contributed by atoms with Gasteiger partial charge in [0, 0.05) is 10.0 Å². The van der Waals surface area contributed by atoms with E-state index >= 15 is 0 Å². The highest BCUT2D eigenvalue weighted by molar-refractivity contribution is 9.10. The van der Waals surface area contributed by atoms with Gasteiger partial charge in [-0.05, 0) is 41.1 Å². The molecule has 0 saturated carbocycles. The number of rotatable bonds is 2. The van der Waals surface area contributed by atoms with Crippen LogP contribution in [0, 0.1) is 0 Å². The molecule has 2 rings (SSSR count). The molecule has 2 amide bonds. The summed E-state index contributed by atoms with van der Waals surface area (Å²) in [7, 11) is 0. The van der Waals surface area contributed by atoms with E-state index in [1.807, 2.05) is 0 Å². The molecule has 1 N–H and O–H groups in total. The van der Waals surface area contributed by atoms with E-state index in [-0.39, 0.29) is 30.7 Å². The Morgan fingerprint density at radius 3 is 2.39 bits per heavy atom. The van der Waals surface area contributed by atoms with Crippen LogP contribution < -0.4 is 10.2 Å². The van der Waals surface area contributed by atoms with E-state index in [1.165, 1.54) is 6.92 Å². The van der Waals surface area contributed by atoms with Crippen molar-refractivity contribution in [3.63, 3.8) is 0 Å². The molecule has 1 saturated heterocycles. The predicted octanol–water partition coefficient (Wildman–Crippen LogP) is 1.11. The number of halogens is 1. The summed E-state index contributed by atoms with van der Waals surface area (Å²) in [5.74, 6) is -0.683. The summed E-state index contributed by atoms with van der Waals surface area (Å²) in [5.41, 5.74) is 1.31. The van der Waals surface area contributed by atoms with Gasteiger partial charge in [-0.15, -0.1) is 0 Å². The summed E-state index contributed by atoms with van der Waals surface area (Å²) < 4.78 is 0.692. The Morgan fingerprint density at radius 2 is 1.89 bits per heavy atom. The number of piperazine rings is 1. The number of hydrogen-bond donors (Lipinski definition) is 1. The quantitative estimate of drug-likeness (QED) is 0.656. The van der Waals surface area contributed by atoms with Gasteiger partial charge in [0.25, 0.3) is 0 Å². The van der Waals surface area contributed by atoms with E-state index < -0.39 is 0 Å². The number of Topliss-reactive ketones (excluding diaryl/α,β-unsaturated/α-hetero) is 1. The van der Waals surface area contributed by atoms with Gasteiger partial charge >= 0.3 is 0 Å². The lowest BCUT2D eigenvalue weighted by Gasteiger charge is -2.28. The fourth-order valence-corrected chi connectivity index (χ4v) is 2.42. The van der Waals surface area contributed by atoms with Crippen molar-refractivity contribution in [2.45, 2.75) is 6.92 Å². The molecule has 0 aliphatic carbocycles. The Balaban J connectivity index is 2.31. The average molecular weight is 311 g/mol. The van der Waals surface area contributed by atoms with Gasteiger partial charge in [-0.1, -0.05) is 0 Å². The zero-order valence-electron chi connectivity index (χ0n) is 9.70. The van der Waals surface area contributed by atoms with Crippen molar-refractivity contribution in [1.29, 1.82) is 0 Å². The van der Waals surface area contributed by atoms with E-state index in [0.29, 0.717) is 10.0 Å². The molecule has 18 heavy (non-hydrogen) atoms. The second-order valence-corrected chi connectivity index (χ2v) is 4.90. The predicted molar refractivity (Wildman–Crippen MR) is 69.5 cm³/mol. The van der Waals surface area contributed by atoms with Gasteiger partial charge in [0.1, 0.15) is 0 Å². The van der Waals surface area contributed by atoms with Crippen LogP contribution in [0.1, 0.15) is 17.3 Å². The van der Waals surface area contributed by atoms with Crippen molar-refractivity contribution in [2.75, 3.05) is 18.0 Å². The first kappa shape index (κ1) is 12.8. The lowest BCUT2D eigenvalue weighted by molar-refractivity contribution is -0.130. The van der Waals surface area contributed by atoms with E-state index in [1.54, 1.807) is 23.1 Å². The van der Waals surface area contributed by atoms with Gasteiger partial charge in [-0.3, -0.25) is 19.7 Å². The molecule has 0 radical (unpaired) electrons. The van der Waals surface area contributed by atoms with Crippen LogP contribution >= 0.6 is 15.9 Å². The van der Waals surface area contributed by atoms with Gasteiger partial charge in [-0.25, -0.2) is 0 Å². The van der Waals surface area contributed by atoms with Gasteiger partial charge in [0.2, 0.25) is 11.8 Å². The Labute approximate surface area is 112 Å². The first-order chi connectivity index (χ1) is 8.47. The van der Waals surface area contributed by atoms with Crippen LogP contribution in [0.15, 0.2) is 22.7 Å². The molecule has 0 atom stereocenters. The lowest BCUT2D eigenvalue weighted by atomic mass is 10.1. The lowest BCUT2D eigenvalue weighted by Crippen LogP contribution is -2.51. The highest BCUT2D eigenvalue weighted by Crippen LogP contribution is 2.28. The smallest absolute Gasteiger partial charge is 0.246 e. The Kier molecular flexibility index (Phi) is 3.47. The van der Waals surface area contributed by atoms with Crippen LogP contribution in [0.5, 0.6) is 0 Å². The zero-order chi connectivity index (χ0) is 13.3. The highest BCUT2D eigenvalue weighted by atomic mass is 79.9. The molecule has 1 aromatic carbocycles. The molecule has 1 heterocycles. The number of hydrogen-bond acceptors (Lipinski definition) is 4. The molecule has 1 fully saturated rings. The summed E-state index contributed by atoms with van der Waals surface area (Å²) in [6.07, 6.45) is 0. The SMILES string of the molecule is CC(=O)c1ccc(N2CC(=O)NC(=O)C2)c(Br)c1. The minimum absolute atomic E-state index is 0.0327. The van der Waals surface area contributed by atoms with Gasteiger partial charge in [0.15, 0.2) is 5.78 Å². The van der Waals surface area contributed by atoms with Crippen LogP contribution in [-0.4, -0.2) is 30.7 Å². The second-order valence-electron chi connectivity index (χ2n) is 4.05. The number of ketones is 1. The number of nitrogens with one attached hydrogen (secondary N) is 1. The molecule has 0 spiro atoms. The molecule has 6 heteroatoms. The maximum atomic E-state index is 11.3. The fraction of sp³-hybridized carbons (Fsp3) is 0.250. The third-order valence-corrected chi connectivity index (χ3v) is 3.28. The van der Waals surface area contributed by atoms with Crippen LogP contribution in [0.25, 0.3) is 0 Å². The number of benzene rings is 1. The summed E-state index contributed by atoms with van der Waals surface area (Å²) in [6, 6.07) is 5.10. The van der Waals surface area contributed by atoms with Crippen molar-refractivity contribution < 1.29 is 14.4 Å². The fourth-order valence-electron chi connectivity index (χ4n) is 1.79. The topological polar surface area (TPSA) is 66.5 Å². The zero-order valence-corrected chi connectivity index (χ0v) is 11.3. The normalized spacial score (nSPS) is 15.6. The number of nitrogens with zero attached hydrogens (tertiary/aromatic N) is 1. The molecule has 1 aliphatic heterocycles. The standard InChI is InChI=1S/C12H11BrN2O3/c1-7(16)8-2-3-10(9(13)4-8)15-5-11(17)14-12(18)6-15/h2-4H,5-6H2,1H3,(H,14,17,18). The summed E-state index contributed by atoms with van der Waals surface area (Å²) in [5, 5.41) is 2.24. The summed E-state index contributed by atoms with van der Waals surface area (Å²) >= 11 is 3.35. The van der Waals surface area contributed by atoms with E-state index in [4.69, 9.17) is 0 Å². The van der Waals surface area contributed by atoms with Crippen LogP contribution in [0.3, 0.4) is 0 Å². The molecule has 94 valence electrons. The highest BCUT2D eigenvalue weighted by Gasteiger charge is 2.24. The van der Waals surface area contributed by atoms with Crippen molar-refractivity contribution >= 4 is 39.2 Å². The van der Waals surface area contributed by atoms with Crippen molar-refractivity contribution in [3.05, 3.63) is 28.2 Å². The van der Waals surface area contributed by atoms with Gasteiger partial charge < -0.3 is 4.90 Å². The van der Waals surface area contributed by atoms with Crippen molar-refractivity contribution in [2.24, 2.45) is 0 Å². The molecular formula is C12H11BrN2O3. The van der Waals surface area contributed by atoms with Crippen molar-refractivity contribution in [1.82, 2.24) is 5.32 Å². The Bertz CT molecular complexity index is 526. The molecule has 0 unspecified atom stereocenters. The summed E-state index contributed by atoms with van der Waals surface area (Å²) in [4.78, 5) is 35.5. The maximum absolute atomic E-state index is 11.3. The average Bonchev–Trinajstić information content (AvgIpc) is 2.27. The minimum atomic E-state index is -0.325. The molecule has 0 bridgehead atoms. The second kappa shape index (κ2) is 4.89.